The topological polar surface area (TPSA) is 3.24 Å². The molecule has 2 aliphatic carbocycles. The highest BCUT2D eigenvalue weighted by molar-refractivity contribution is 7.17. The molecule has 2 aliphatic rings. The van der Waals surface area contributed by atoms with Crippen molar-refractivity contribution in [1.29, 1.82) is 0 Å². The van der Waals surface area contributed by atoms with Crippen LogP contribution in [0.15, 0.2) is 170 Å². The van der Waals surface area contributed by atoms with Crippen LogP contribution in [0, 0.1) is 0 Å². The Labute approximate surface area is 328 Å². The van der Waals surface area contributed by atoms with Gasteiger partial charge in [-0.15, -0.1) is 11.3 Å². The molecule has 0 aliphatic heterocycles. The van der Waals surface area contributed by atoms with E-state index in [9.17, 15) is 0 Å². The fourth-order valence-electron chi connectivity index (χ4n) is 8.13. The minimum atomic E-state index is 0.946. The molecule has 0 amide bonds. The molecule has 1 heterocycles. The Hall–Kier alpha value is -5.96. The van der Waals surface area contributed by atoms with Crippen molar-refractivity contribution < 1.29 is 0 Å². The molecule has 0 atom stereocenters. The lowest BCUT2D eigenvalue weighted by Gasteiger charge is -2.27. The number of fused-ring (bicyclic) bond motifs is 4. The van der Waals surface area contributed by atoms with Crippen molar-refractivity contribution in [3.8, 4) is 33.4 Å². The number of nitrogens with zero attached hydrogens (tertiary/aromatic N) is 1. The Morgan fingerprint density at radius 3 is 1.95 bits per heavy atom. The van der Waals surface area contributed by atoms with Crippen LogP contribution in [0.25, 0.3) is 72.0 Å². The van der Waals surface area contributed by atoms with E-state index >= 15 is 0 Å². The van der Waals surface area contributed by atoms with E-state index in [1.54, 1.807) is 0 Å². The summed E-state index contributed by atoms with van der Waals surface area (Å²) in [6, 6.07) is 47.6. The summed E-state index contributed by atoms with van der Waals surface area (Å²) in [4.78, 5) is 2.38. The monoisotopic (exact) mass is 727 g/mol. The van der Waals surface area contributed by atoms with Gasteiger partial charge in [0.2, 0.25) is 0 Å². The Morgan fingerprint density at radius 2 is 1.25 bits per heavy atom. The molecule has 0 unspecified atom stereocenters. The molecule has 0 spiro atoms. The highest BCUT2D eigenvalue weighted by Crippen LogP contribution is 2.38. The van der Waals surface area contributed by atoms with Crippen LogP contribution in [0.2, 0.25) is 0 Å². The van der Waals surface area contributed by atoms with Gasteiger partial charge < -0.3 is 4.90 Å². The van der Waals surface area contributed by atoms with Gasteiger partial charge >= 0.3 is 0 Å². The number of benzene rings is 6. The maximum absolute atomic E-state index is 2.44. The highest BCUT2D eigenvalue weighted by atomic mass is 32.1. The van der Waals surface area contributed by atoms with Crippen molar-refractivity contribution in [2.45, 2.75) is 46.0 Å². The van der Waals surface area contributed by atoms with Crippen LogP contribution in [-0.4, -0.2) is 0 Å². The molecule has 55 heavy (non-hydrogen) atoms. The molecule has 0 fully saturated rings. The fourth-order valence-corrected chi connectivity index (χ4v) is 9.42. The van der Waals surface area contributed by atoms with Crippen LogP contribution < -0.4 is 14.7 Å². The Morgan fingerprint density at radius 1 is 0.618 bits per heavy atom. The standard InChI is InChI=1S/C53H45NS/c1-3-12-46(13-4-2)54(47-30-26-41(27-31-47)40-22-20-39(21-23-40)37-14-6-5-7-15-37)48-32-28-42(29-33-48)45-35-50(44-25-24-38-16-8-9-17-43(38)34-44)53-51(36-45)49-18-10-11-19-52(49)55-53/h3,6,8-9,12-36H,4-5,7,10-11H2,1-2H3/b12-3-,46-13+. The summed E-state index contributed by atoms with van der Waals surface area (Å²) in [5, 5.41) is 5.31. The molecule has 0 saturated heterocycles. The average Bonchev–Trinajstić information content (AvgIpc) is 3.63. The SMILES string of the molecule is C/C=C\C(=C/CC)N(c1ccc(-c2ccc(C3=CCCC=C3)cc2)cc1)c1ccc(-c2cc(-c3ccc4ccccc4c3)c3sc4c(c3c2)=CCCC=4)cc1. The zero-order chi connectivity index (χ0) is 37.1. The van der Waals surface area contributed by atoms with Gasteiger partial charge in [0.25, 0.3) is 0 Å². The number of rotatable bonds is 9. The van der Waals surface area contributed by atoms with E-state index in [2.05, 4.69) is 195 Å². The van der Waals surface area contributed by atoms with Gasteiger partial charge in [-0.05, 0) is 143 Å². The maximum atomic E-state index is 2.44. The van der Waals surface area contributed by atoms with E-state index in [4.69, 9.17) is 0 Å². The molecule has 0 radical (unpaired) electrons. The van der Waals surface area contributed by atoms with E-state index in [1.807, 2.05) is 11.3 Å². The number of anilines is 2. The predicted molar refractivity (Wildman–Crippen MR) is 241 cm³/mol. The lowest BCUT2D eigenvalue weighted by Crippen LogP contribution is -2.20. The van der Waals surface area contributed by atoms with E-state index in [0.29, 0.717) is 0 Å². The molecule has 0 saturated carbocycles. The van der Waals surface area contributed by atoms with Crippen LogP contribution in [0.1, 0.15) is 51.5 Å². The first-order valence-corrected chi connectivity index (χ1v) is 20.6. The van der Waals surface area contributed by atoms with E-state index in [0.717, 1.165) is 43.5 Å². The zero-order valence-corrected chi connectivity index (χ0v) is 32.5. The minimum Gasteiger partial charge on any atom is -0.311 e. The Kier molecular flexibility index (Phi) is 9.75. The van der Waals surface area contributed by atoms with Crippen molar-refractivity contribution >= 4 is 61.3 Å². The van der Waals surface area contributed by atoms with Gasteiger partial charge in [0.05, 0.1) is 0 Å². The third kappa shape index (κ3) is 6.95. The summed E-state index contributed by atoms with van der Waals surface area (Å²) >= 11 is 1.94. The second kappa shape index (κ2) is 15.4. The van der Waals surface area contributed by atoms with Gasteiger partial charge in [-0.1, -0.05) is 134 Å². The molecule has 2 heteroatoms. The normalized spacial score (nSPS) is 14.1. The second-order valence-electron chi connectivity index (χ2n) is 14.5. The molecule has 1 nitrogen and oxygen atoms in total. The molecule has 268 valence electrons. The largest absolute Gasteiger partial charge is 0.311 e. The van der Waals surface area contributed by atoms with E-state index < -0.39 is 0 Å². The first-order valence-electron chi connectivity index (χ1n) is 19.7. The summed E-state index contributed by atoms with van der Waals surface area (Å²) in [7, 11) is 0. The third-order valence-electron chi connectivity index (χ3n) is 10.9. The quantitative estimate of drug-likeness (QED) is 0.134. The van der Waals surface area contributed by atoms with Gasteiger partial charge in [-0.2, -0.15) is 0 Å². The van der Waals surface area contributed by atoms with Gasteiger partial charge in [0.1, 0.15) is 0 Å². The number of allylic oxidation sites excluding steroid dienone is 7. The van der Waals surface area contributed by atoms with Crippen LogP contribution in [-0.2, 0) is 0 Å². The Bertz CT molecular complexity index is 2770. The fraction of sp³-hybridized carbons (Fsp3) is 0.132. The number of hydrogen-bond acceptors (Lipinski definition) is 2. The molecule has 0 N–H and O–H groups in total. The number of hydrogen-bond donors (Lipinski definition) is 0. The zero-order valence-electron chi connectivity index (χ0n) is 31.6. The van der Waals surface area contributed by atoms with Gasteiger partial charge in [0.15, 0.2) is 0 Å². The molecule has 6 aromatic carbocycles. The van der Waals surface area contributed by atoms with E-state index in [-0.39, 0.29) is 0 Å². The molecular formula is C53H45NS. The smallest absolute Gasteiger partial charge is 0.0461 e. The first-order chi connectivity index (χ1) is 27.2. The first kappa shape index (κ1) is 34.8. The van der Waals surface area contributed by atoms with Crippen molar-refractivity contribution in [3.05, 3.63) is 185 Å². The predicted octanol–water partition coefficient (Wildman–Crippen LogP) is 14.2. The number of thiophene rings is 1. The molecule has 1 aromatic heterocycles. The summed E-state index contributed by atoms with van der Waals surface area (Å²) in [6.45, 7) is 4.30. The van der Waals surface area contributed by atoms with Crippen LogP contribution in [0.4, 0.5) is 11.4 Å². The van der Waals surface area contributed by atoms with Crippen LogP contribution in [0.5, 0.6) is 0 Å². The molecule has 9 rings (SSSR count). The highest BCUT2D eigenvalue weighted by Gasteiger charge is 2.17. The van der Waals surface area contributed by atoms with Crippen LogP contribution >= 0.6 is 11.3 Å². The summed E-state index contributed by atoms with van der Waals surface area (Å²) in [6.07, 6.45) is 23.8. The van der Waals surface area contributed by atoms with Crippen LogP contribution in [0.3, 0.4) is 0 Å². The summed E-state index contributed by atoms with van der Waals surface area (Å²) in [5.74, 6) is 0. The second-order valence-corrected chi connectivity index (χ2v) is 15.6. The lowest BCUT2D eigenvalue weighted by atomic mass is 9.94. The Balaban J connectivity index is 1.09. The maximum Gasteiger partial charge on any atom is 0.0461 e. The summed E-state index contributed by atoms with van der Waals surface area (Å²) < 4.78 is 2.78. The lowest BCUT2D eigenvalue weighted by molar-refractivity contribution is 1.04. The van der Waals surface area contributed by atoms with Crippen molar-refractivity contribution in [3.63, 3.8) is 0 Å². The molecular weight excluding hydrogens is 683 g/mol. The molecule has 0 bridgehead atoms. The van der Waals surface area contributed by atoms with Gasteiger partial charge in [0, 0.05) is 37.3 Å². The average molecular weight is 728 g/mol. The van der Waals surface area contributed by atoms with Crippen molar-refractivity contribution in [1.82, 2.24) is 0 Å². The van der Waals surface area contributed by atoms with Gasteiger partial charge in [-0.25, -0.2) is 0 Å². The summed E-state index contributed by atoms with van der Waals surface area (Å²) in [5.41, 5.74) is 13.5. The van der Waals surface area contributed by atoms with E-state index in [1.165, 1.54) is 80.8 Å². The van der Waals surface area contributed by atoms with Crippen molar-refractivity contribution in [2.75, 3.05) is 4.90 Å². The van der Waals surface area contributed by atoms with Gasteiger partial charge in [-0.3, -0.25) is 0 Å². The minimum absolute atomic E-state index is 0.946. The third-order valence-corrected chi connectivity index (χ3v) is 12.2. The molecule has 7 aromatic rings. The van der Waals surface area contributed by atoms with Crippen molar-refractivity contribution in [2.24, 2.45) is 0 Å².